The predicted molar refractivity (Wildman–Crippen MR) is 77.5 cm³/mol. The van der Waals surface area contributed by atoms with Crippen molar-refractivity contribution in [1.82, 2.24) is 5.32 Å². The molecule has 1 aromatic rings. The van der Waals surface area contributed by atoms with E-state index in [2.05, 4.69) is 24.5 Å². The molecule has 0 aliphatic rings. The van der Waals surface area contributed by atoms with E-state index in [1.807, 2.05) is 0 Å². The summed E-state index contributed by atoms with van der Waals surface area (Å²) < 4.78 is 0. The summed E-state index contributed by atoms with van der Waals surface area (Å²) >= 11 is 11.9. The van der Waals surface area contributed by atoms with Crippen LogP contribution in [0.15, 0.2) is 18.2 Å². The molecule has 1 aromatic carbocycles. The summed E-state index contributed by atoms with van der Waals surface area (Å²) in [7, 11) is 0. The Morgan fingerprint density at radius 3 is 2.56 bits per heavy atom. The highest BCUT2D eigenvalue weighted by Crippen LogP contribution is 2.29. The monoisotopic (exact) mass is 288 g/mol. The second-order valence-electron chi connectivity index (χ2n) is 4.04. The second-order valence-corrected chi connectivity index (χ2v) is 4.82. The van der Waals surface area contributed by atoms with E-state index in [9.17, 15) is 4.79 Å². The third-order valence-electron chi connectivity index (χ3n) is 2.74. The summed E-state index contributed by atoms with van der Waals surface area (Å²) in [6.45, 7) is 4.29. The van der Waals surface area contributed by atoms with Crippen LogP contribution in [0.4, 0.5) is 5.69 Å². The fourth-order valence-corrected chi connectivity index (χ4v) is 1.95. The highest BCUT2D eigenvalue weighted by molar-refractivity contribution is 6.43. The average Bonchev–Trinajstić information content (AvgIpc) is 2.37. The van der Waals surface area contributed by atoms with Gasteiger partial charge in [0, 0.05) is 6.04 Å². The van der Waals surface area contributed by atoms with Crippen molar-refractivity contribution < 1.29 is 4.79 Å². The minimum atomic E-state index is -0.0419. The Hall–Kier alpha value is -0.930. The fraction of sp³-hybridized carbons (Fsp3) is 0.462. The fourth-order valence-electron chi connectivity index (χ4n) is 1.59. The van der Waals surface area contributed by atoms with Gasteiger partial charge < -0.3 is 10.6 Å². The van der Waals surface area contributed by atoms with Gasteiger partial charge in [-0.25, -0.2) is 0 Å². The van der Waals surface area contributed by atoms with Gasteiger partial charge in [0.1, 0.15) is 0 Å². The molecule has 0 spiro atoms. The number of amides is 1. The Kier molecular flexibility index (Phi) is 6.30. The van der Waals surface area contributed by atoms with Crippen LogP contribution in [0.2, 0.25) is 10.0 Å². The van der Waals surface area contributed by atoms with Crippen molar-refractivity contribution in [3.05, 3.63) is 28.2 Å². The van der Waals surface area contributed by atoms with Crippen LogP contribution in [0, 0.1) is 0 Å². The molecule has 0 aliphatic heterocycles. The van der Waals surface area contributed by atoms with E-state index in [0.717, 1.165) is 12.8 Å². The van der Waals surface area contributed by atoms with Crippen molar-refractivity contribution in [3.63, 3.8) is 0 Å². The Bertz CT molecular complexity index is 406. The van der Waals surface area contributed by atoms with E-state index in [1.54, 1.807) is 18.2 Å². The molecule has 18 heavy (non-hydrogen) atoms. The van der Waals surface area contributed by atoms with Crippen LogP contribution in [-0.4, -0.2) is 18.5 Å². The zero-order valence-corrected chi connectivity index (χ0v) is 12.1. The van der Waals surface area contributed by atoms with Crippen molar-refractivity contribution in [2.45, 2.75) is 32.7 Å². The first-order valence-electron chi connectivity index (χ1n) is 6.05. The average molecular weight is 289 g/mol. The van der Waals surface area contributed by atoms with E-state index < -0.39 is 0 Å². The van der Waals surface area contributed by atoms with Gasteiger partial charge in [-0.2, -0.15) is 0 Å². The maximum absolute atomic E-state index is 11.7. The highest BCUT2D eigenvalue weighted by atomic mass is 35.5. The number of halogens is 2. The van der Waals surface area contributed by atoms with Gasteiger partial charge >= 0.3 is 0 Å². The smallest absolute Gasteiger partial charge is 0.239 e. The molecule has 5 heteroatoms. The van der Waals surface area contributed by atoms with Gasteiger partial charge in [-0.05, 0) is 25.0 Å². The van der Waals surface area contributed by atoms with Gasteiger partial charge in [-0.1, -0.05) is 43.1 Å². The third-order valence-corrected chi connectivity index (χ3v) is 3.56. The summed E-state index contributed by atoms with van der Waals surface area (Å²) in [5, 5.41) is 6.84. The van der Waals surface area contributed by atoms with Gasteiger partial charge in [-0.3, -0.25) is 4.79 Å². The highest BCUT2D eigenvalue weighted by Gasteiger charge is 2.09. The molecular weight excluding hydrogens is 271 g/mol. The van der Waals surface area contributed by atoms with E-state index in [1.165, 1.54) is 0 Å². The maximum atomic E-state index is 11.7. The largest absolute Gasteiger partial charge is 0.375 e. The summed E-state index contributed by atoms with van der Waals surface area (Å²) in [6, 6.07) is 5.52. The van der Waals surface area contributed by atoms with Gasteiger partial charge in [0.25, 0.3) is 0 Å². The molecule has 1 amide bonds. The van der Waals surface area contributed by atoms with E-state index in [0.29, 0.717) is 15.7 Å². The van der Waals surface area contributed by atoms with Crippen LogP contribution in [-0.2, 0) is 4.79 Å². The van der Waals surface area contributed by atoms with Crippen LogP contribution in [0.25, 0.3) is 0 Å². The summed E-state index contributed by atoms with van der Waals surface area (Å²) in [6.07, 6.45) is 1.86. The van der Waals surface area contributed by atoms with Crippen LogP contribution < -0.4 is 10.6 Å². The first-order chi connectivity index (χ1) is 8.58. The molecule has 0 atom stereocenters. The molecule has 0 saturated carbocycles. The van der Waals surface area contributed by atoms with Crippen LogP contribution in [0.1, 0.15) is 26.7 Å². The molecular formula is C13H18Cl2N2O. The first-order valence-corrected chi connectivity index (χ1v) is 6.81. The molecule has 0 aromatic heterocycles. The third kappa shape index (κ3) is 4.39. The molecule has 0 heterocycles. The lowest BCUT2D eigenvalue weighted by Crippen LogP contribution is -2.37. The van der Waals surface area contributed by atoms with Crippen molar-refractivity contribution in [3.8, 4) is 0 Å². The van der Waals surface area contributed by atoms with Gasteiger partial charge in [0.15, 0.2) is 0 Å². The Balaban J connectivity index is 2.50. The zero-order chi connectivity index (χ0) is 13.5. The maximum Gasteiger partial charge on any atom is 0.239 e. The number of hydrogen-bond acceptors (Lipinski definition) is 2. The summed E-state index contributed by atoms with van der Waals surface area (Å²) in [5.41, 5.74) is 0.670. The molecule has 0 saturated heterocycles. The molecule has 2 N–H and O–H groups in total. The number of hydrogen-bond donors (Lipinski definition) is 2. The Morgan fingerprint density at radius 1 is 1.28 bits per heavy atom. The summed E-state index contributed by atoms with van der Waals surface area (Å²) in [4.78, 5) is 11.7. The van der Waals surface area contributed by atoms with E-state index >= 15 is 0 Å². The lowest BCUT2D eigenvalue weighted by Gasteiger charge is -2.15. The number of anilines is 1. The van der Waals surface area contributed by atoms with Crippen molar-refractivity contribution in [2.75, 3.05) is 11.9 Å². The first kappa shape index (κ1) is 15.1. The number of rotatable bonds is 6. The zero-order valence-electron chi connectivity index (χ0n) is 10.6. The van der Waals surface area contributed by atoms with E-state index in [4.69, 9.17) is 23.2 Å². The topological polar surface area (TPSA) is 41.1 Å². The molecule has 0 bridgehead atoms. The Labute approximate surface area is 118 Å². The number of nitrogens with one attached hydrogen (secondary N) is 2. The quantitative estimate of drug-likeness (QED) is 0.838. The molecule has 3 nitrogen and oxygen atoms in total. The van der Waals surface area contributed by atoms with Crippen molar-refractivity contribution in [1.29, 1.82) is 0 Å². The van der Waals surface area contributed by atoms with Crippen LogP contribution in [0.3, 0.4) is 0 Å². The minimum absolute atomic E-state index is 0.0419. The van der Waals surface area contributed by atoms with Crippen molar-refractivity contribution >= 4 is 34.8 Å². The minimum Gasteiger partial charge on any atom is -0.375 e. The molecule has 0 aliphatic carbocycles. The lowest BCUT2D eigenvalue weighted by atomic mass is 10.2. The Morgan fingerprint density at radius 2 is 1.94 bits per heavy atom. The van der Waals surface area contributed by atoms with Gasteiger partial charge in [0.05, 0.1) is 22.3 Å². The molecule has 100 valence electrons. The summed E-state index contributed by atoms with van der Waals surface area (Å²) in [5.74, 6) is -0.0419. The molecule has 0 radical (unpaired) electrons. The SMILES string of the molecule is CCC(CC)NC(=O)CNc1cccc(Cl)c1Cl. The number of carbonyl (C=O) groups is 1. The normalized spacial score (nSPS) is 10.5. The molecule has 1 rings (SSSR count). The van der Waals surface area contributed by atoms with Gasteiger partial charge in [0.2, 0.25) is 5.91 Å². The molecule has 0 unspecified atom stereocenters. The predicted octanol–water partition coefficient (Wildman–Crippen LogP) is 3.71. The van der Waals surface area contributed by atoms with Crippen LogP contribution >= 0.6 is 23.2 Å². The standard InChI is InChI=1S/C13H18Cl2N2O/c1-3-9(4-2)17-12(18)8-16-11-7-5-6-10(14)13(11)15/h5-7,9,16H,3-4,8H2,1-2H3,(H,17,18). The van der Waals surface area contributed by atoms with Crippen LogP contribution in [0.5, 0.6) is 0 Å². The number of carbonyl (C=O) groups excluding carboxylic acids is 1. The van der Waals surface area contributed by atoms with Gasteiger partial charge in [-0.15, -0.1) is 0 Å². The number of benzene rings is 1. The van der Waals surface area contributed by atoms with E-state index in [-0.39, 0.29) is 18.5 Å². The second kappa shape index (κ2) is 7.49. The molecule has 0 fully saturated rings. The lowest BCUT2D eigenvalue weighted by molar-refractivity contribution is -0.120. The van der Waals surface area contributed by atoms with Crippen molar-refractivity contribution in [2.24, 2.45) is 0 Å².